The molecule has 0 fully saturated rings. The normalized spacial score (nSPS) is 11.7. The Morgan fingerprint density at radius 2 is 0.567 bits per heavy atom. The predicted molar refractivity (Wildman–Crippen MR) is 252 cm³/mol. The summed E-state index contributed by atoms with van der Waals surface area (Å²) in [5.41, 5.74) is -0.697. The first-order valence-electron chi connectivity index (χ1n) is 24.1. The maximum absolute atomic E-state index is 13.5. The van der Waals surface area contributed by atoms with Gasteiger partial charge in [-0.25, -0.2) is 0 Å². The lowest BCUT2D eigenvalue weighted by Crippen LogP contribution is -2.25. The van der Waals surface area contributed by atoms with E-state index in [9.17, 15) is 4.79 Å². The fraction of sp³-hybridized carbons (Fsp3) is 0.642. The largest absolute Gasteiger partial charge is 0.490 e. The Morgan fingerprint density at radius 1 is 0.350 bits per heavy atom. The molecule has 4 aromatic carbocycles. The molecule has 0 unspecified atom stereocenters. The average molecular weight is 829 g/mol. The Hall–Kier alpha value is -3.87. The van der Waals surface area contributed by atoms with Gasteiger partial charge >= 0.3 is 5.97 Å². The van der Waals surface area contributed by atoms with Crippen LogP contribution in [0.15, 0.2) is 36.4 Å². The lowest BCUT2D eigenvalue weighted by atomic mass is 9.92. The number of hydrogen-bond donors (Lipinski definition) is 0. The van der Waals surface area contributed by atoms with Crippen molar-refractivity contribution >= 4 is 38.3 Å². The number of benzene rings is 4. The molecule has 0 heterocycles. The van der Waals surface area contributed by atoms with Gasteiger partial charge in [-0.2, -0.15) is 0 Å². The molecular weight excluding hydrogens is 749 g/mol. The Labute approximate surface area is 363 Å². The summed E-state index contributed by atoms with van der Waals surface area (Å²) < 4.78 is 39.2. The summed E-state index contributed by atoms with van der Waals surface area (Å²) in [5.74, 6) is 3.68. The molecule has 4 rings (SSSR count). The monoisotopic (exact) mass is 829 g/mol. The van der Waals surface area contributed by atoms with E-state index in [1.807, 2.05) is 26.8 Å². The highest BCUT2D eigenvalue weighted by Crippen LogP contribution is 2.47. The third kappa shape index (κ3) is 14.9. The lowest BCUT2D eigenvalue weighted by molar-refractivity contribution is -0.143. The van der Waals surface area contributed by atoms with Crippen molar-refractivity contribution in [3.63, 3.8) is 0 Å². The van der Waals surface area contributed by atoms with Crippen molar-refractivity contribution in [1.82, 2.24) is 0 Å². The van der Waals surface area contributed by atoms with Gasteiger partial charge in [-0.3, -0.25) is 4.79 Å². The van der Waals surface area contributed by atoms with Crippen LogP contribution in [0.3, 0.4) is 0 Å². The van der Waals surface area contributed by atoms with E-state index < -0.39 is 5.41 Å². The molecule has 0 bridgehead atoms. The standard InChI is InChI=1S/C53H80O7/c1-9-14-19-24-29-55-46-34-40-41-35-47(56-30-25-20-15-10-2)49(58-32-27-22-17-12-4)37-43(41)45-39-51(60-52(54)53(6,7)8)50(59-33-28-23-18-13-5)38-44(45)42(40)36-48(46)57-31-26-21-16-11-3/h34-39H,9-33H2,1-8H3. The zero-order valence-electron chi connectivity index (χ0n) is 39.0. The van der Waals surface area contributed by atoms with Crippen molar-refractivity contribution in [3.05, 3.63) is 36.4 Å². The molecule has 7 heteroatoms. The van der Waals surface area contributed by atoms with Crippen LogP contribution in [0.25, 0.3) is 32.3 Å². The maximum Gasteiger partial charge on any atom is 0.316 e. The van der Waals surface area contributed by atoms with Crippen LogP contribution in [-0.2, 0) is 4.79 Å². The van der Waals surface area contributed by atoms with E-state index in [0.29, 0.717) is 44.5 Å². The van der Waals surface area contributed by atoms with Gasteiger partial charge in [-0.15, -0.1) is 0 Å². The number of carbonyl (C=O) groups excluding carboxylic acids is 1. The summed E-state index contributed by atoms with van der Waals surface area (Å²) >= 11 is 0. The SMILES string of the molecule is CCCCCCOc1cc2c3cc(OCCCCCC)c(OCCCCCC)cc3c3cc(OC(=O)C(C)(C)C)c(OCCCCCC)cc3c2cc1OCCCCCC. The molecule has 0 N–H and O–H groups in total. The summed E-state index contributed by atoms with van der Waals surface area (Å²) in [6, 6.07) is 12.7. The minimum atomic E-state index is -0.697. The zero-order valence-corrected chi connectivity index (χ0v) is 39.0. The number of ether oxygens (including phenoxy) is 6. The van der Waals surface area contributed by atoms with Crippen LogP contribution in [0.2, 0.25) is 0 Å². The Balaban J connectivity index is 2.01. The minimum Gasteiger partial charge on any atom is -0.490 e. The Kier molecular flexibility index (Phi) is 21.5. The summed E-state index contributed by atoms with van der Waals surface area (Å²) in [5, 5.41) is 6.00. The Bertz CT molecular complexity index is 1820. The summed E-state index contributed by atoms with van der Waals surface area (Å²) in [6.45, 7) is 19.8. The van der Waals surface area contributed by atoms with Gasteiger partial charge in [0.1, 0.15) is 0 Å². The number of esters is 1. The summed E-state index contributed by atoms with van der Waals surface area (Å²) in [6.07, 6.45) is 22.2. The highest BCUT2D eigenvalue weighted by atomic mass is 16.6. The van der Waals surface area contributed by atoms with Gasteiger partial charge in [-0.05, 0) is 122 Å². The van der Waals surface area contributed by atoms with Crippen LogP contribution < -0.4 is 28.4 Å². The molecule has 0 aliphatic carbocycles. The van der Waals surface area contributed by atoms with Crippen molar-refractivity contribution in [3.8, 4) is 34.5 Å². The molecule has 0 aromatic heterocycles. The predicted octanol–water partition coefficient (Wildman–Crippen LogP) is 15.9. The van der Waals surface area contributed by atoms with Crippen molar-refractivity contribution in [1.29, 1.82) is 0 Å². The van der Waals surface area contributed by atoms with Gasteiger partial charge in [0.15, 0.2) is 34.5 Å². The van der Waals surface area contributed by atoms with Gasteiger partial charge < -0.3 is 28.4 Å². The average Bonchev–Trinajstić information content (AvgIpc) is 3.23. The van der Waals surface area contributed by atoms with Crippen LogP contribution in [0.5, 0.6) is 34.5 Å². The van der Waals surface area contributed by atoms with E-state index in [4.69, 9.17) is 28.4 Å². The van der Waals surface area contributed by atoms with E-state index in [1.165, 1.54) is 51.4 Å². The molecule has 0 amide bonds. The fourth-order valence-corrected chi connectivity index (χ4v) is 7.47. The molecule has 7 nitrogen and oxygen atoms in total. The zero-order chi connectivity index (χ0) is 43.2. The van der Waals surface area contributed by atoms with Crippen molar-refractivity contribution in [2.24, 2.45) is 5.41 Å². The number of rotatable bonds is 31. The van der Waals surface area contributed by atoms with E-state index in [1.54, 1.807) is 0 Å². The van der Waals surface area contributed by atoms with Crippen molar-refractivity contribution in [2.75, 3.05) is 33.0 Å². The van der Waals surface area contributed by atoms with Crippen LogP contribution >= 0.6 is 0 Å². The maximum atomic E-state index is 13.5. The van der Waals surface area contributed by atoms with Crippen LogP contribution in [0, 0.1) is 5.41 Å². The number of unbranched alkanes of at least 4 members (excludes halogenated alkanes) is 15. The first-order chi connectivity index (χ1) is 29.2. The second-order valence-corrected chi connectivity index (χ2v) is 17.7. The number of fused-ring (bicyclic) bond motifs is 6. The molecule has 0 aliphatic rings. The molecule has 0 atom stereocenters. The highest BCUT2D eigenvalue weighted by Gasteiger charge is 2.27. The second kappa shape index (κ2) is 26.5. The molecular formula is C53H80O7. The van der Waals surface area contributed by atoms with E-state index in [2.05, 4.69) is 65.0 Å². The fourth-order valence-electron chi connectivity index (χ4n) is 7.47. The molecule has 60 heavy (non-hydrogen) atoms. The molecule has 0 saturated heterocycles. The third-order valence-corrected chi connectivity index (χ3v) is 11.2. The van der Waals surface area contributed by atoms with Gasteiger partial charge in [0.25, 0.3) is 0 Å². The molecule has 4 aromatic rings. The van der Waals surface area contributed by atoms with E-state index in [-0.39, 0.29) is 5.97 Å². The second-order valence-electron chi connectivity index (χ2n) is 17.7. The van der Waals surface area contributed by atoms with Crippen molar-refractivity contribution < 1.29 is 33.2 Å². The molecule has 0 radical (unpaired) electrons. The lowest BCUT2D eigenvalue weighted by Gasteiger charge is -2.21. The summed E-state index contributed by atoms with van der Waals surface area (Å²) in [4.78, 5) is 13.5. The van der Waals surface area contributed by atoms with Gasteiger partial charge in [0, 0.05) is 0 Å². The van der Waals surface area contributed by atoms with E-state index >= 15 is 0 Å². The minimum absolute atomic E-state index is 0.308. The highest BCUT2D eigenvalue weighted by molar-refractivity contribution is 6.27. The number of hydrogen-bond acceptors (Lipinski definition) is 7. The molecule has 0 saturated carbocycles. The topological polar surface area (TPSA) is 72.5 Å². The van der Waals surface area contributed by atoms with Crippen LogP contribution in [-0.4, -0.2) is 39.0 Å². The quantitative estimate of drug-likeness (QED) is 0.0216. The number of carbonyl (C=O) groups is 1. The van der Waals surface area contributed by atoms with Gasteiger partial charge in [-0.1, -0.05) is 131 Å². The van der Waals surface area contributed by atoms with Crippen molar-refractivity contribution in [2.45, 2.75) is 184 Å². The first kappa shape index (κ1) is 48.8. The van der Waals surface area contributed by atoms with Gasteiger partial charge in [0.05, 0.1) is 38.4 Å². The Morgan fingerprint density at radius 3 is 0.783 bits per heavy atom. The van der Waals surface area contributed by atoms with Crippen LogP contribution in [0.4, 0.5) is 0 Å². The molecule has 0 spiro atoms. The summed E-state index contributed by atoms with van der Waals surface area (Å²) in [7, 11) is 0. The van der Waals surface area contributed by atoms with Crippen LogP contribution in [0.1, 0.15) is 184 Å². The van der Waals surface area contributed by atoms with Gasteiger partial charge in [0.2, 0.25) is 0 Å². The molecule has 0 aliphatic heterocycles. The van der Waals surface area contributed by atoms with E-state index in [0.717, 1.165) is 132 Å². The third-order valence-electron chi connectivity index (χ3n) is 11.2. The smallest absolute Gasteiger partial charge is 0.316 e. The first-order valence-corrected chi connectivity index (χ1v) is 24.1. The molecule has 334 valence electrons.